The van der Waals surface area contributed by atoms with E-state index in [0.29, 0.717) is 6.04 Å². The molecule has 0 spiro atoms. The summed E-state index contributed by atoms with van der Waals surface area (Å²) < 4.78 is 1.29. The van der Waals surface area contributed by atoms with Gasteiger partial charge in [-0.2, -0.15) is 0 Å². The summed E-state index contributed by atoms with van der Waals surface area (Å²) in [5.74, 6) is 0.955. The Kier molecular flexibility index (Phi) is 3.74. The van der Waals surface area contributed by atoms with E-state index >= 15 is 0 Å². The van der Waals surface area contributed by atoms with Crippen molar-refractivity contribution >= 4 is 26.7 Å². The lowest BCUT2D eigenvalue weighted by molar-refractivity contribution is 0.330. The Balaban J connectivity index is 1.68. The van der Waals surface area contributed by atoms with Crippen molar-refractivity contribution in [2.75, 3.05) is 5.32 Å². The second-order valence-electron chi connectivity index (χ2n) is 5.76. The van der Waals surface area contributed by atoms with Crippen molar-refractivity contribution in [3.05, 3.63) is 23.8 Å². The molecule has 1 heterocycles. The molecule has 0 unspecified atom stereocenters. The van der Waals surface area contributed by atoms with E-state index in [-0.39, 0.29) is 0 Å². The van der Waals surface area contributed by atoms with Crippen LogP contribution in [-0.4, -0.2) is 11.0 Å². The van der Waals surface area contributed by atoms with Gasteiger partial charge in [-0.05, 0) is 56.2 Å². The molecule has 3 rings (SSSR count). The quantitative estimate of drug-likeness (QED) is 0.853. The van der Waals surface area contributed by atoms with Gasteiger partial charge < -0.3 is 5.32 Å². The molecule has 0 aliphatic heterocycles. The highest BCUT2D eigenvalue weighted by atomic mass is 32.1. The molecule has 1 aliphatic carbocycles. The SMILES string of the molecule is CCC1CCC(Nc2nc3cc(C)ccc3s2)CC1. The highest BCUT2D eigenvalue weighted by molar-refractivity contribution is 7.22. The first-order valence-electron chi connectivity index (χ1n) is 7.38. The topological polar surface area (TPSA) is 24.9 Å². The Morgan fingerprint density at radius 2 is 2.05 bits per heavy atom. The normalized spacial score (nSPS) is 23.7. The van der Waals surface area contributed by atoms with Crippen molar-refractivity contribution in [2.45, 2.75) is 52.0 Å². The fourth-order valence-electron chi connectivity index (χ4n) is 2.99. The van der Waals surface area contributed by atoms with Crippen molar-refractivity contribution in [3.8, 4) is 0 Å². The predicted octanol–water partition coefficient (Wildman–Crippen LogP) is 4.99. The number of nitrogens with one attached hydrogen (secondary N) is 1. The summed E-state index contributed by atoms with van der Waals surface area (Å²) in [4.78, 5) is 4.71. The van der Waals surface area contributed by atoms with Gasteiger partial charge in [0.15, 0.2) is 5.13 Å². The molecular formula is C16H22N2S. The van der Waals surface area contributed by atoms with E-state index in [2.05, 4.69) is 37.4 Å². The number of hydrogen-bond acceptors (Lipinski definition) is 3. The lowest BCUT2D eigenvalue weighted by Crippen LogP contribution is -2.25. The summed E-state index contributed by atoms with van der Waals surface area (Å²) in [6.45, 7) is 4.44. The van der Waals surface area contributed by atoms with Gasteiger partial charge in [-0.25, -0.2) is 4.98 Å². The molecule has 0 bridgehead atoms. The Bertz CT molecular complexity index is 553. The monoisotopic (exact) mass is 274 g/mol. The van der Waals surface area contributed by atoms with Crippen LogP contribution in [0.4, 0.5) is 5.13 Å². The second kappa shape index (κ2) is 5.49. The Labute approximate surface area is 119 Å². The fourth-order valence-corrected chi connectivity index (χ4v) is 3.91. The van der Waals surface area contributed by atoms with Crippen LogP contribution in [0.1, 0.15) is 44.6 Å². The van der Waals surface area contributed by atoms with Gasteiger partial charge in [0.05, 0.1) is 10.2 Å². The van der Waals surface area contributed by atoms with Crippen LogP contribution >= 0.6 is 11.3 Å². The first-order valence-corrected chi connectivity index (χ1v) is 8.20. The van der Waals surface area contributed by atoms with Crippen LogP contribution in [0.5, 0.6) is 0 Å². The summed E-state index contributed by atoms with van der Waals surface area (Å²) in [6, 6.07) is 7.15. The molecule has 0 amide bonds. The van der Waals surface area contributed by atoms with Crippen LogP contribution in [0, 0.1) is 12.8 Å². The van der Waals surface area contributed by atoms with E-state index in [1.807, 2.05) is 0 Å². The number of benzene rings is 1. The minimum absolute atomic E-state index is 0.629. The third-order valence-electron chi connectivity index (χ3n) is 4.29. The molecule has 1 aromatic heterocycles. The van der Waals surface area contributed by atoms with Gasteiger partial charge in [-0.3, -0.25) is 0 Å². The zero-order valence-corrected chi connectivity index (χ0v) is 12.6. The minimum atomic E-state index is 0.629. The maximum atomic E-state index is 4.71. The number of aryl methyl sites for hydroxylation is 1. The second-order valence-corrected chi connectivity index (χ2v) is 6.79. The molecule has 1 aliphatic rings. The summed E-state index contributed by atoms with van der Waals surface area (Å²) in [5.41, 5.74) is 2.42. The average molecular weight is 274 g/mol. The molecule has 3 heteroatoms. The molecule has 2 nitrogen and oxygen atoms in total. The zero-order chi connectivity index (χ0) is 13.2. The number of fused-ring (bicyclic) bond motifs is 1. The van der Waals surface area contributed by atoms with Crippen LogP contribution in [-0.2, 0) is 0 Å². The van der Waals surface area contributed by atoms with E-state index < -0.39 is 0 Å². The maximum absolute atomic E-state index is 4.71. The molecular weight excluding hydrogens is 252 g/mol. The third kappa shape index (κ3) is 2.92. The lowest BCUT2D eigenvalue weighted by atomic mass is 9.85. The molecule has 0 saturated heterocycles. The Morgan fingerprint density at radius 1 is 1.26 bits per heavy atom. The Hall–Kier alpha value is -1.09. The smallest absolute Gasteiger partial charge is 0.184 e. The summed E-state index contributed by atoms with van der Waals surface area (Å²) in [6.07, 6.45) is 6.68. The van der Waals surface area contributed by atoms with Gasteiger partial charge in [-0.15, -0.1) is 0 Å². The molecule has 1 aromatic carbocycles. The summed E-state index contributed by atoms with van der Waals surface area (Å²) in [5, 5.41) is 4.74. The van der Waals surface area contributed by atoms with E-state index in [0.717, 1.165) is 16.6 Å². The maximum Gasteiger partial charge on any atom is 0.184 e. The van der Waals surface area contributed by atoms with Crippen LogP contribution in [0.3, 0.4) is 0 Å². The molecule has 1 fully saturated rings. The van der Waals surface area contributed by atoms with E-state index in [1.165, 1.54) is 42.4 Å². The predicted molar refractivity (Wildman–Crippen MR) is 84.0 cm³/mol. The number of aromatic nitrogens is 1. The lowest BCUT2D eigenvalue weighted by Gasteiger charge is -2.28. The molecule has 1 saturated carbocycles. The summed E-state index contributed by atoms with van der Waals surface area (Å²) in [7, 11) is 0. The molecule has 2 aromatic rings. The number of anilines is 1. The number of hydrogen-bond donors (Lipinski definition) is 1. The standard InChI is InChI=1S/C16H22N2S/c1-3-12-5-7-13(8-6-12)17-16-18-14-10-11(2)4-9-15(14)19-16/h4,9-10,12-13H,3,5-8H2,1-2H3,(H,17,18). The first kappa shape index (κ1) is 12.9. The van der Waals surface area contributed by atoms with Crippen molar-refractivity contribution in [2.24, 2.45) is 5.92 Å². The van der Waals surface area contributed by atoms with Gasteiger partial charge >= 0.3 is 0 Å². The van der Waals surface area contributed by atoms with Crippen LogP contribution in [0.25, 0.3) is 10.2 Å². The third-order valence-corrected chi connectivity index (χ3v) is 5.26. The largest absolute Gasteiger partial charge is 0.359 e. The van der Waals surface area contributed by atoms with Crippen molar-refractivity contribution < 1.29 is 0 Å². The average Bonchev–Trinajstić information content (AvgIpc) is 2.81. The Morgan fingerprint density at radius 3 is 2.79 bits per heavy atom. The van der Waals surface area contributed by atoms with Crippen molar-refractivity contribution in [1.82, 2.24) is 4.98 Å². The highest BCUT2D eigenvalue weighted by Crippen LogP contribution is 2.31. The van der Waals surface area contributed by atoms with Gasteiger partial charge in [0.25, 0.3) is 0 Å². The molecule has 19 heavy (non-hydrogen) atoms. The van der Waals surface area contributed by atoms with Crippen molar-refractivity contribution in [3.63, 3.8) is 0 Å². The molecule has 102 valence electrons. The first-order chi connectivity index (χ1) is 9.24. The number of thiazole rings is 1. The van der Waals surface area contributed by atoms with E-state index in [1.54, 1.807) is 11.3 Å². The zero-order valence-electron chi connectivity index (χ0n) is 11.8. The van der Waals surface area contributed by atoms with E-state index in [9.17, 15) is 0 Å². The number of nitrogens with zero attached hydrogens (tertiary/aromatic N) is 1. The van der Waals surface area contributed by atoms with E-state index in [4.69, 9.17) is 4.98 Å². The molecule has 1 N–H and O–H groups in total. The van der Waals surface area contributed by atoms with Crippen LogP contribution in [0.15, 0.2) is 18.2 Å². The van der Waals surface area contributed by atoms with Crippen molar-refractivity contribution in [1.29, 1.82) is 0 Å². The van der Waals surface area contributed by atoms with Gasteiger partial charge in [0.2, 0.25) is 0 Å². The minimum Gasteiger partial charge on any atom is -0.359 e. The fraction of sp³-hybridized carbons (Fsp3) is 0.562. The van der Waals surface area contributed by atoms with Gasteiger partial charge in [0, 0.05) is 6.04 Å². The number of rotatable bonds is 3. The van der Waals surface area contributed by atoms with Crippen LogP contribution in [0.2, 0.25) is 0 Å². The van der Waals surface area contributed by atoms with Gasteiger partial charge in [0.1, 0.15) is 0 Å². The van der Waals surface area contributed by atoms with Crippen LogP contribution < -0.4 is 5.32 Å². The molecule has 0 atom stereocenters. The van der Waals surface area contributed by atoms with Gasteiger partial charge in [-0.1, -0.05) is 30.7 Å². The summed E-state index contributed by atoms with van der Waals surface area (Å²) >= 11 is 1.78. The molecule has 0 radical (unpaired) electrons. The highest BCUT2D eigenvalue weighted by Gasteiger charge is 2.20.